The maximum atomic E-state index is 12.8. The molecule has 0 aliphatic heterocycles. The van der Waals surface area contributed by atoms with Crippen molar-refractivity contribution in [3.8, 4) is 0 Å². The molecule has 2 unspecified atom stereocenters. The Balaban J connectivity index is 4.25. The summed E-state index contributed by atoms with van der Waals surface area (Å²) in [6.45, 7) is 4.26. The van der Waals surface area contributed by atoms with E-state index in [1.807, 2.05) is 21.1 Å². The molecule has 0 aliphatic carbocycles. The molecule has 0 radical (unpaired) electrons. The van der Waals surface area contributed by atoms with Gasteiger partial charge in [-0.1, -0.05) is 206 Å². The topological polar surface area (TPSA) is 108 Å². The van der Waals surface area contributed by atoms with E-state index in [2.05, 4.69) is 135 Å². The first kappa shape index (κ1) is 68.4. The van der Waals surface area contributed by atoms with Crippen molar-refractivity contribution >= 4 is 19.8 Å². The van der Waals surface area contributed by atoms with Crippen LogP contribution in [0.15, 0.2) is 122 Å². The van der Waals surface area contributed by atoms with Crippen molar-refractivity contribution < 1.29 is 42.1 Å². The summed E-state index contributed by atoms with van der Waals surface area (Å²) in [5, 5.41) is 0. The number of carbonyl (C=O) groups is 2. The molecule has 0 aromatic rings. The normalized spacial score (nSPS) is 14.2. The number of nitrogens with zero attached hydrogens (tertiary/aromatic N) is 1. The van der Waals surface area contributed by atoms with Gasteiger partial charge in [0.25, 0.3) is 0 Å². The largest absolute Gasteiger partial charge is 0.472 e. The second-order valence-corrected chi connectivity index (χ2v) is 21.0. The molecule has 72 heavy (non-hydrogen) atoms. The highest BCUT2D eigenvalue weighted by Crippen LogP contribution is 2.43. The number of esters is 2. The fourth-order valence-corrected chi connectivity index (χ4v) is 7.86. The number of phosphoric ester groups is 1. The maximum Gasteiger partial charge on any atom is 0.472 e. The van der Waals surface area contributed by atoms with Crippen molar-refractivity contribution in [2.75, 3.05) is 47.5 Å². The highest BCUT2D eigenvalue weighted by Gasteiger charge is 2.27. The van der Waals surface area contributed by atoms with Crippen LogP contribution in [0.3, 0.4) is 0 Å². The highest BCUT2D eigenvalue weighted by molar-refractivity contribution is 7.47. The molecule has 0 heterocycles. The van der Waals surface area contributed by atoms with E-state index in [0.29, 0.717) is 17.4 Å². The van der Waals surface area contributed by atoms with Crippen LogP contribution in [0, 0.1) is 0 Å². The Morgan fingerprint density at radius 2 is 0.792 bits per heavy atom. The SMILES string of the molecule is CC/C=C\C/C=C\C/C=C\C/C=C\C/C=C\C/C=C\C/C=C\C/C=C\C/C=C\CCCCCCCC(=O)OC(COC(=O)CCCCCCC/C=C\CCCCCCCC)COP(=O)(O)OCC[N+](C)(C)C. The molecule has 0 aromatic heterocycles. The molecule has 0 amide bonds. The van der Waals surface area contributed by atoms with Crippen LogP contribution in [0.1, 0.15) is 206 Å². The molecule has 0 spiro atoms. The lowest BCUT2D eigenvalue weighted by Crippen LogP contribution is -2.37. The second-order valence-electron chi connectivity index (χ2n) is 19.6. The zero-order valence-electron chi connectivity index (χ0n) is 46.4. The summed E-state index contributed by atoms with van der Waals surface area (Å²) in [5.41, 5.74) is 0. The molecule has 9 nitrogen and oxygen atoms in total. The van der Waals surface area contributed by atoms with Crippen LogP contribution < -0.4 is 0 Å². The van der Waals surface area contributed by atoms with Gasteiger partial charge in [-0.05, 0) is 109 Å². The average Bonchev–Trinajstić information content (AvgIpc) is 3.34. The first-order valence-corrected chi connectivity index (χ1v) is 29.8. The Morgan fingerprint density at radius 3 is 1.19 bits per heavy atom. The Labute approximate surface area is 441 Å². The zero-order chi connectivity index (χ0) is 52.7. The smallest absolute Gasteiger partial charge is 0.462 e. The summed E-state index contributed by atoms with van der Waals surface area (Å²) < 4.78 is 34.5. The highest BCUT2D eigenvalue weighted by atomic mass is 31.2. The van der Waals surface area contributed by atoms with E-state index in [0.717, 1.165) is 128 Å². The lowest BCUT2D eigenvalue weighted by Gasteiger charge is -2.24. The van der Waals surface area contributed by atoms with Crippen LogP contribution in [-0.4, -0.2) is 74.9 Å². The lowest BCUT2D eigenvalue weighted by atomic mass is 10.1. The van der Waals surface area contributed by atoms with E-state index in [1.165, 1.54) is 44.9 Å². The predicted molar refractivity (Wildman–Crippen MR) is 307 cm³/mol. The van der Waals surface area contributed by atoms with Gasteiger partial charge in [0.15, 0.2) is 6.10 Å². The Bertz CT molecular complexity index is 1630. The van der Waals surface area contributed by atoms with Gasteiger partial charge in [0, 0.05) is 12.8 Å². The van der Waals surface area contributed by atoms with Crippen molar-refractivity contribution in [3.63, 3.8) is 0 Å². The first-order valence-electron chi connectivity index (χ1n) is 28.3. The first-order chi connectivity index (χ1) is 35.0. The van der Waals surface area contributed by atoms with Gasteiger partial charge < -0.3 is 18.9 Å². The molecule has 410 valence electrons. The number of quaternary nitrogens is 1. The third-order valence-corrected chi connectivity index (χ3v) is 12.5. The number of ether oxygens (including phenoxy) is 2. The predicted octanol–water partition coefficient (Wildman–Crippen LogP) is 17.6. The van der Waals surface area contributed by atoms with E-state index in [9.17, 15) is 19.0 Å². The third-order valence-electron chi connectivity index (χ3n) is 11.5. The van der Waals surface area contributed by atoms with Crippen molar-refractivity contribution in [1.82, 2.24) is 0 Å². The van der Waals surface area contributed by atoms with Crippen molar-refractivity contribution in [2.45, 2.75) is 213 Å². The average molecular weight is 1020 g/mol. The van der Waals surface area contributed by atoms with E-state index in [-0.39, 0.29) is 32.0 Å². The molecular weight excluding hydrogens is 918 g/mol. The molecule has 1 N–H and O–H groups in total. The Kier molecular flexibility index (Phi) is 49.7. The van der Waals surface area contributed by atoms with Crippen LogP contribution >= 0.6 is 7.82 Å². The maximum absolute atomic E-state index is 12.8. The Morgan fingerprint density at radius 1 is 0.444 bits per heavy atom. The second kappa shape index (κ2) is 52.3. The number of unbranched alkanes of at least 4 members (excludes halogenated alkanes) is 16. The number of likely N-dealkylation sites (N-methyl/N-ethyl adjacent to an activating group) is 1. The standard InChI is InChI=1S/C62H104NO8P/c1-6-8-10-12-14-16-18-20-22-23-24-25-26-27-28-29-30-31-32-33-34-35-36-37-38-39-41-43-45-47-49-51-53-55-62(65)71-60(59-70-72(66,67)69-57-56-63(3,4)5)58-68-61(64)54-52-50-48-46-44-42-40-21-19-17-15-13-11-9-7-2/h8,10,14,16,20-22,24-25,27-28,30-31,33-34,36-37,39-41,60H,6-7,9,11-13,15,17-19,23,26,29,32,35,38,42-59H2,1-5H3/p+1/b10-8-,16-14-,22-20-,25-24-,28-27-,31-30-,34-33-,37-36-,40-21-,41-39-. The van der Waals surface area contributed by atoms with Gasteiger partial charge in [0.1, 0.15) is 19.8 Å². The van der Waals surface area contributed by atoms with Crippen molar-refractivity contribution in [1.29, 1.82) is 0 Å². The van der Waals surface area contributed by atoms with Gasteiger partial charge in [-0.15, -0.1) is 0 Å². The number of rotatable bonds is 50. The van der Waals surface area contributed by atoms with Crippen LogP contribution in [0.4, 0.5) is 0 Å². The molecule has 10 heteroatoms. The fourth-order valence-electron chi connectivity index (χ4n) is 7.12. The summed E-state index contributed by atoms with van der Waals surface area (Å²) in [5.74, 6) is -0.838. The number of hydrogen-bond acceptors (Lipinski definition) is 7. The molecular formula is C62H105NO8P+. The molecule has 0 aliphatic rings. The molecule has 0 fully saturated rings. The van der Waals surface area contributed by atoms with Crippen LogP contribution in [0.25, 0.3) is 0 Å². The fraction of sp³-hybridized carbons (Fsp3) is 0.645. The van der Waals surface area contributed by atoms with Gasteiger partial charge in [-0.2, -0.15) is 0 Å². The zero-order valence-corrected chi connectivity index (χ0v) is 47.3. The van der Waals surface area contributed by atoms with Crippen LogP contribution in [-0.2, 0) is 32.7 Å². The summed E-state index contributed by atoms with van der Waals surface area (Å²) in [6, 6.07) is 0. The van der Waals surface area contributed by atoms with E-state index in [1.54, 1.807) is 0 Å². The molecule has 2 atom stereocenters. The summed E-state index contributed by atoms with van der Waals surface area (Å²) in [6.07, 6.45) is 74.0. The lowest BCUT2D eigenvalue weighted by molar-refractivity contribution is -0.870. The minimum absolute atomic E-state index is 0.0199. The van der Waals surface area contributed by atoms with E-state index < -0.39 is 26.5 Å². The van der Waals surface area contributed by atoms with Gasteiger partial charge in [0.2, 0.25) is 0 Å². The molecule has 0 saturated heterocycles. The molecule has 0 saturated carbocycles. The van der Waals surface area contributed by atoms with Crippen LogP contribution in [0.2, 0.25) is 0 Å². The van der Waals surface area contributed by atoms with Gasteiger partial charge in [-0.25, -0.2) is 4.57 Å². The Hall–Kier alpha value is -3.59. The van der Waals surface area contributed by atoms with Crippen molar-refractivity contribution in [2.24, 2.45) is 0 Å². The van der Waals surface area contributed by atoms with E-state index in [4.69, 9.17) is 18.5 Å². The third kappa shape index (κ3) is 55.7. The number of hydrogen-bond donors (Lipinski definition) is 1. The van der Waals surface area contributed by atoms with Gasteiger partial charge >= 0.3 is 19.8 Å². The molecule has 0 rings (SSSR count). The minimum Gasteiger partial charge on any atom is -0.462 e. The summed E-state index contributed by atoms with van der Waals surface area (Å²) >= 11 is 0. The molecule has 0 bridgehead atoms. The molecule has 0 aromatic carbocycles. The summed E-state index contributed by atoms with van der Waals surface area (Å²) in [7, 11) is 1.44. The minimum atomic E-state index is -4.40. The van der Waals surface area contributed by atoms with E-state index >= 15 is 0 Å². The van der Waals surface area contributed by atoms with Crippen LogP contribution in [0.5, 0.6) is 0 Å². The number of allylic oxidation sites excluding steroid dienone is 20. The van der Waals surface area contributed by atoms with Crippen molar-refractivity contribution in [3.05, 3.63) is 122 Å². The van der Waals surface area contributed by atoms with Gasteiger partial charge in [0.05, 0.1) is 27.7 Å². The monoisotopic (exact) mass is 1020 g/mol. The van der Waals surface area contributed by atoms with Gasteiger partial charge in [-0.3, -0.25) is 18.6 Å². The number of phosphoric acid groups is 1. The quantitative estimate of drug-likeness (QED) is 0.0211. The number of carbonyl (C=O) groups excluding carboxylic acids is 2. The summed E-state index contributed by atoms with van der Waals surface area (Å²) in [4.78, 5) is 35.6.